The second-order valence-electron chi connectivity index (χ2n) is 4.88. The fourth-order valence-electron chi connectivity index (χ4n) is 2.54. The summed E-state index contributed by atoms with van der Waals surface area (Å²) in [5.41, 5.74) is 0. The van der Waals surface area contributed by atoms with Crippen molar-refractivity contribution < 1.29 is 13.2 Å². The van der Waals surface area contributed by atoms with E-state index >= 15 is 0 Å². The number of alkyl halides is 3. The molecule has 1 unspecified atom stereocenters. The summed E-state index contributed by atoms with van der Waals surface area (Å²) in [4.78, 5) is 0. The van der Waals surface area contributed by atoms with Crippen LogP contribution in [0.1, 0.15) is 51.4 Å². The molecule has 4 heteroatoms. The minimum Gasteiger partial charge on any atom is -0.317 e. The summed E-state index contributed by atoms with van der Waals surface area (Å²) in [6.07, 6.45) is 2.65. The lowest BCUT2D eigenvalue weighted by molar-refractivity contribution is -0.136. The van der Waals surface area contributed by atoms with Crippen LogP contribution in [0.3, 0.4) is 0 Å². The first kappa shape index (κ1) is 13.8. The monoisotopic (exact) mass is 237 g/mol. The molecular formula is C12H22F3N. The lowest BCUT2D eigenvalue weighted by atomic mass is 9.84. The first-order valence-electron chi connectivity index (χ1n) is 6.25. The van der Waals surface area contributed by atoms with Crippen molar-refractivity contribution in [3.63, 3.8) is 0 Å². The minimum atomic E-state index is -4.01. The molecule has 0 heterocycles. The van der Waals surface area contributed by atoms with Crippen LogP contribution in [0, 0.1) is 5.92 Å². The summed E-state index contributed by atoms with van der Waals surface area (Å²) in [5.74, 6) is 0.638. The lowest BCUT2D eigenvalue weighted by Gasteiger charge is -2.26. The number of rotatable bonds is 5. The van der Waals surface area contributed by atoms with Crippen molar-refractivity contribution in [1.82, 2.24) is 5.32 Å². The molecule has 1 fully saturated rings. The maximum atomic E-state index is 12.1. The van der Waals surface area contributed by atoms with Crippen molar-refractivity contribution in [2.24, 2.45) is 5.92 Å². The predicted octanol–water partition coefficient (Wildman–Crippen LogP) is 3.89. The third kappa shape index (κ3) is 5.73. The number of nitrogens with one attached hydrogen (secondary N) is 1. The van der Waals surface area contributed by atoms with Crippen LogP contribution >= 0.6 is 0 Å². The van der Waals surface area contributed by atoms with Crippen molar-refractivity contribution in [3.05, 3.63) is 0 Å². The van der Waals surface area contributed by atoms with Crippen LogP contribution in [0.25, 0.3) is 0 Å². The Morgan fingerprint density at radius 3 is 2.31 bits per heavy atom. The van der Waals surface area contributed by atoms with E-state index in [9.17, 15) is 13.2 Å². The molecule has 1 nitrogen and oxygen atoms in total. The maximum Gasteiger partial charge on any atom is 0.389 e. The largest absolute Gasteiger partial charge is 0.389 e. The first-order chi connectivity index (χ1) is 7.51. The van der Waals surface area contributed by atoms with Gasteiger partial charge in [0.2, 0.25) is 0 Å². The highest BCUT2D eigenvalue weighted by molar-refractivity contribution is 4.74. The molecule has 0 aliphatic heterocycles. The van der Waals surface area contributed by atoms with Gasteiger partial charge in [0.15, 0.2) is 0 Å². The van der Waals surface area contributed by atoms with Gasteiger partial charge in [-0.05, 0) is 25.8 Å². The zero-order chi connectivity index (χ0) is 12.0. The standard InChI is InChI=1S/C12H22F3N/c1-16-11(7-8-12(13,14)15)9-10-5-3-2-4-6-10/h10-11,16H,2-9H2,1H3. The van der Waals surface area contributed by atoms with Crippen molar-refractivity contribution in [3.8, 4) is 0 Å². The topological polar surface area (TPSA) is 12.0 Å². The zero-order valence-corrected chi connectivity index (χ0v) is 9.95. The van der Waals surface area contributed by atoms with Gasteiger partial charge in [-0.15, -0.1) is 0 Å². The first-order valence-corrected chi connectivity index (χ1v) is 6.25. The fraction of sp³-hybridized carbons (Fsp3) is 1.00. The van der Waals surface area contributed by atoms with Crippen molar-refractivity contribution in [2.45, 2.75) is 63.6 Å². The molecule has 0 aromatic heterocycles. The quantitative estimate of drug-likeness (QED) is 0.765. The molecule has 0 radical (unpaired) electrons. The molecule has 1 rings (SSSR count). The minimum absolute atomic E-state index is 0.0322. The average Bonchev–Trinajstić information content (AvgIpc) is 2.24. The van der Waals surface area contributed by atoms with Crippen LogP contribution in [0.4, 0.5) is 13.2 Å². The average molecular weight is 237 g/mol. The van der Waals surface area contributed by atoms with Gasteiger partial charge in [0, 0.05) is 12.5 Å². The second-order valence-corrected chi connectivity index (χ2v) is 4.88. The Balaban J connectivity index is 2.25. The lowest BCUT2D eigenvalue weighted by Crippen LogP contribution is -2.30. The van der Waals surface area contributed by atoms with Gasteiger partial charge in [-0.3, -0.25) is 0 Å². The van der Waals surface area contributed by atoms with Gasteiger partial charge < -0.3 is 5.32 Å². The van der Waals surface area contributed by atoms with Gasteiger partial charge in [-0.2, -0.15) is 13.2 Å². The van der Waals surface area contributed by atoms with Crippen LogP contribution in [0.2, 0.25) is 0 Å². The molecular weight excluding hydrogens is 215 g/mol. The SMILES string of the molecule is CNC(CCC(F)(F)F)CC1CCCCC1. The summed E-state index contributed by atoms with van der Waals surface area (Å²) in [6.45, 7) is 0. The number of hydrogen-bond acceptors (Lipinski definition) is 1. The van der Waals surface area contributed by atoms with E-state index in [0.717, 1.165) is 6.42 Å². The van der Waals surface area contributed by atoms with Crippen molar-refractivity contribution in [2.75, 3.05) is 7.05 Å². The Hall–Kier alpha value is -0.250. The van der Waals surface area contributed by atoms with Crippen molar-refractivity contribution >= 4 is 0 Å². The summed E-state index contributed by atoms with van der Waals surface area (Å²) >= 11 is 0. The van der Waals surface area contributed by atoms with Crippen molar-refractivity contribution in [1.29, 1.82) is 0 Å². The molecule has 16 heavy (non-hydrogen) atoms. The number of hydrogen-bond donors (Lipinski definition) is 1. The van der Waals surface area contributed by atoms with E-state index in [1.807, 2.05) is 0 Å². The Labute approximate surface area is 95.8 Å². The Bertz CT molecular complexity index is 185. The van der Waals surface area contributed by atoms with Crippen LogP contribution in [-0.2, 0) is 0 Å². The maximum absolute atomic E-state index is 12.1. The van der Waals surface area contributed by atoms with E-state index in [0.29, 0.717) is 5.92 Å². The molecule has 1 atom stereocenters. The van der Waals surface area contributed by atoms with E-state index in [1.54, 1.807) is 7.05 Å². The fourth-order valence-corrected chi connectivity index (χ4v) is 2.54. The molecule has 0 aromatic rings. The van der Waals surface area contributed by atoms with E-state index < -0.39 is 12.6 Å². The molecule has 96 valence electrons. The molecule has 1 saturated carbocycles. The highest BCUT2D eigenvalue weighted by atomic mass is 19.4. The Morgan fingerprint density at radius 1 is 1.19 bits per heavy atom. The predicted molar refractivity (Wildman–Crippen MR) is 59.3 cm³/mol. The second kappa shape index (κ2) is 6.48. The normalized spacial score (nSPS) is 21.0. The van der Waals surface area contributed by atoms with Gasteiger partial charge >= 0.3 is 6.18 Å². The van der Waals surface area contributed by atoms with E-state index in [4.69, 9.17) is 0 Å². The Kier molecular flexibility index (Phi) is 5.59. The third-order valence-electron chi connectivity index (χ3n) is 3.53. The van der Waals surface area contributed by atoms with Crippen LogP contribution in [0.5, 0.6) is 0 Å². The third-order valence-corrected chi connectivity index (χ3v) is 3.53. The van der Waals surface area contributed by atoms with Crippen LogP contribution in [0.15, 0.2) is 0 Å². The summed E-state index contributed by atoms with van der Waals surface area (Å²) < 4.78 is 36.3. The highest BCUT2D eigenvalue weighted by Crippen LogP contribution is 2.29. The smallest absolute Gasteiger partial charge is 0.317 e. The molecule has 1 aliphatic carbocycles. The highest BCUT2D eigenvalue weighted by Gasteiger charge is 2.28. The molecule has 0 bridgehead atoms. The van der Waals surface area contributed by atoms with E-state index in [-0.39, 0.29) is 12.5 Å². The molecule has 1 N–H and O–H groups in total. The van der Waals surface area contributed by atoms with E-state index in [1.165, 1.54) is 32.1 Å². The Morgan fingerprint density at radius 2 is 1.81 bits per heavy atom. The van der Waals surface area contributed by atoms with Crippen LogP contribution in [-0.4, -0.2) is 19.3 Å². The zero-order valence-electron chi connectivity index (χ0n) is 9.95. The summed E-state index contributed by atoms with van der Waals surface area (Å²) in [7, 11) is 1.77. The number of halogens is 3. The van der Waals surface area contributed by atoms with Gasteiger partial charge in [0.1, 0.15) is 0 Å². The molecule has 0 spiro atoms. The van der Waals surface area contributed by atoms with E-state index in [2.05, 4.69) is 5.32 Å². The van der Waals surface area contributed by atoms with Gasteiger partial charge in [-0.1, -0.05) is 32.1 Å². The molecule has 0 saturated heterocycles. The molecule has 0 aromatic carbocycles. The van der Waals surface area contributed by atoms with Gasteiger partial charge in [0.25, 0.3) is 0 Å². The van der Waals surface area contributed by atoms with Gasteiger partial charge in [-0.25, -0.2) is 0 Å². The summed E-state index contributed by atoms with van der Waals surface area (Å²) in [6, 6.07) is 0.0322. The molecule has 1 aliphatic rings. The summed E-state index contributed by atoms with van der Waals surface area (Å²) in [5, 5.41) is 3.02. The molecule has 0 amide bonds. The van der Waals surface area contributed by atoms with Crippen LogP contribution < -0.4 is 5.32 Å². The van der Waals surface area contributed by atoms with Gasteiger partial charge in [0.05, 0.1) is 0 Å².